The largest absolute Gasteiger partial charge is 0.399 e. The minimum absolute atomic E-state index is 0.120. The predicted molar refractivity (Wildman–Crippen MR) is 175 cm³/mol. The van der Waals surface area contributed by atoms with Crippen molar-refractivity contribution in [2.75, 3.05) is 26.2 Å². The summed E-state index contributed by atoms with van der Waals surface area (Å²) < 4.78 is 46.3. The van der Waals surface area contributed by atoms with Crippen LogP contribution in [0.5, 0.6) is 0 Å². The van der Waals surface area contributed by atoms with Gasteiger partial charge in [-0.25, -0.2) is 0 Å². The van der Waals surface area contributed by atoms with Crippen molar-refractivity contribution in [3.8, 4) is 0 Å². The monoisotopic (exact) mass is 731 g/mol. The number of amides is 3. The summed E-state index contributed by atoms with van der Waals surface area (Å²) in [6.45, 7) is 6.60. The van der Waals surface area contributed by atoms with E-state index < -0.39 is 54.2 Å². The molecule has 5 rings (SSSR count). The van der Waals surface area contributed by atoms with Gasteiger partial charge in [0.05, 0.1) is 28.1 Å². The molecule has 3 amide bonds. The number of benzene rings is 2. The average Bonchev–Trinajstić information content (AvgIpc) is 3.67. The summed E-state index contributed by atoms with van der Waals surface area (Å²) in [5.41, 5.74) is -5.26. The lowest BCUT2D eigenvalue weighted by Gasteiger charge is -2.38. The van der Waals surface area contributed by atoms with Gasteiger partial charge in [-0.15, -0.1) is 11.3 Å². The first-order valence-electron chi connectivity index (χ1n) is 14.8. The number of carbonyl (C=O) groups excluding carboxylic acids is 3. The van der Waals surface area contributed by atoms with E-state index >= 15 is 0 Å². The third kappa shape index (κ3) is 7.36. The summed E-state index contributed by atoms with van der Waals surface area (Å²) in [6, 6.07) is 7.86. The Kier molecular flexibility index (Phi) is 10.1. The van der Waals surface area contributed by atoms with Gasteiger partial charge in [0.1, 0.15) is 18.2 Å². The van der Waals surface area contributed by atoms with Gasteiger partial charge in [0.15, 0.2) is 0 Å². The molecule has 3 aromatic rings. The number of nitrogens with one attached hydrogen (secondary N) is 1. The van der Waals surface area contributed by atoms with Gasteiger partial charge in [0, 0.05) is 23.4 Å². The fourth-order valence-corrected chi connectivity index (χ4v) is 7.52. The van der Waals surface area contributed by atoms with Crippen LogP contribution in [0.1, 0.15) is 60.5 Å². The third-order valence-electron chi connectivity index (χ3n) is 8.36. The van der Waals surface area contributed by atoms with Gasteiger partial charge in [-0.3, -0.25) is 18.9 Å². The van der Waals surface area contributed by atoms with Crippen LogP contribution < -0.4 is 5.32 Å². The zero-order valence-corrected chi connectivity index (χ0v) is 28.9. The van der Waals surface area contributed by atoms with Gasteiger partial charge < -0.3 is 29.6 Å². The maximum absolute atomic E-state index is 14.3. The molecule has 2 aliphatic heterocycles. The average molecular weight is 733 g/mol. The Morgan fingerprint density at radius 3 is 2.45 bits per heavy atom. The first-order valence-corrected chi connectivity index (χ1v) is 18.0. The van der Waals surface area contributed by atoms with E-state index in [0.717, 1.165) is 29.0 Å². The number of ether oxygens (including phenoxy) is 1. The van der Waals surface area contributed by atoms with E-state index in [9.17, 15) is 27.7 Å². The molecule has 3 N–H and O–H groups in total. The quantitative estimate of drug-likeness (QED) is 0.247. The molecule has 0 spiro atoms. The summed E-state index contributed by atoms with van der Waals surface area (Å²) in [5, 5.41) is 3.77. The molecule has 1 aromatic heterocycles. The summed E-state index contributed by atoms with van der Waals surface area (Å²) in [4.78, 5) is 62.9. The fourth-order valence-electron chi connectivity index (χ4n) is 5.79. The van der Waals surface area contributed by atoms with Crippen molar-refractivity contribution in [2.45, 2.75) is 57.5 Å². The molecular formula is C31H34Cl2F2N3O7PS. The number of halogens is 4. The van der Waals surface area contributed by atoms with E-state index in [1.165, 1.54) is 17.0 Å². The second-order valence-electron chi connectivity index (χ2n) is 12.7. The molecule has 0 aliphatic carbocycles. The number of thiophene rings is 1. The van der Waals surface area contributed by atoms with Crippen LogP contribution >= 0.6 is 42.1 Å². The SMILES string of the molecule is CC(C)(C)[C@H](NC(=O)c1cc2cc(C(F)(F)P(=O)(O)O)ccc2s1)C(=O)N1CCC[C@H]1C(=O)N1CCOC(c2ccc(Cl)c(Cl)c2)C1. The molecule has 254 valence electrons. The molecule has 3 heterocycles. The molecule has 47 heavy (non-hydrogen) atoms. The third-order valence-corrected chi connectivity index (χ3v) is 11.2. The molecule has 16 heteroatoms. The normalized spacial score (nSPS) is 20.0. The predicted octanol–water partition coefficient (Wildman–Crippen LogP) is 6.17. The van der Waals surface area contributed by atoms with Crippen LogP contribution in [-0.4, -0.2) is 75.6 Å². The number of carbonyl (C=O) groups is 3. The summed E-state index contributed by atoms with van der Waals surface area (Å²) >= 11 is 13.2. The van der Waals surface area contributed by atoms with Crippen molar-refractivity contribution in [3.63, 3.8) is 0 Å². The number of fused-ring (bicyclic) bond motifs is 1. The molecule has 10 nitrogen and oxygen atoms in total. The van der Waals surface area contributed by atoms with E-state index in [1.807, 2.05) is 0 Å². The van der Waals surface area contributed by atoms with Gasteiger partial charge in [-0.1, -0.05) is 56.1 Å². The second-order valence-corrected chi connectivity index (χ2v) is 16.3. The summed E-state index contributed by atoms with van der Waals surface area (Å²) in [5.74, 6) is -1.25. The zero-order valence-electron chi connectivity index (χ0n) is 25.7. The number of hydrogen-bond donors (Lipinski definition) is 3. The molecule has 2 aromatic carbocycles. The zero-order chi connectivity index (χ0) is 34.5. The molecule has 0 bridgehead atoms. The van der Waals surface area contributed by atoms with Crippen molar-refractivity contribution in [1.82, 2.24) is 15.1 Å². The topological polar surface area (TPSA) is 136 Å². The number of nitrogens with zero attached hydrogens (tertiary/aromatic N) is 2. The number of alkyl halides is 2. The van der Waals surface area contributed by atoms with E-state index in [1.54, 1.807) is 43.9 Å². The molecule has 2 saturated heterocycles. The standard InChI is InChI=1S/C31H34Cl2F2N3O7PS/c1-30(2,3)26(36-27(39)25-15-18-13-19(7-9-24(18)47-25)31(34,35)46(42,43)44)29(41)38-10-4-5-22(38)28(40)37-11-12-45-23(16-37)17-6-8-20(32)21(33)14-17/h6-9,13-15,22-23,26H,4-5,10-12,16H2,1-3H3,(H,36,39)(H2,42,43,44)/t22-,23?,26+/m0/s1. The highest BCUT2D eigenvalue weighted by Crippen LogP contribution is 2.59. The highest BCUT2D eigenvalue weighted by atomic mass is 35.5. The molecular weight excluding hydrogens is 698 g/mol. The Hall–Kier alpha value is -2.64. The van der Waals surface area contributed by atoms with Crippen molar-refractivity contribution in [2.24, 2.45) is 5.41 Å². The summed E-state index contributed by atoms with van der Waals surface area (Å²) in [6.07, 6.45) is 0.642. The van der Waals surface area contributed by atoms with Gasteiger partial charge in [0.2, 0.25) is 11.8 Å². The second kappa shape index (κ2) is 13.3. The minimum Gasteiger partial charge on any atom is -0.370 e. The van der Waals surface area contributed by atoms with E-state index in [4.69, 9.17) is 37.7 Å². The van der Waals surface area contributed by atoms with Crippen LogP contribution in [0, 0.1) is 5.41 Å². The number of rotatable bonds is 7. The van der Waals surface area contributed by atoms with Crippen molar-refractivity contribution in [3.05, 3.63) is 68.5 Å². The molecule has 3 atom stereocenters. The van der Waals surface area contributed by atoms with Gasteiger partial charge in [-0.2, -0.15) is 8.78 Å². The summed E-state index contributed by atoms with van der Waals surface area (Å²) in [7, 11) is -5.78. The maximum Gasteiger partial charge on any atom is 0.399 e. The minimum atomic E-state index is -5.78. The Morgan fingerprint density at radius 1 is 1.06 bits per heavy atom. The van der Waals surface area contributed by atoms with Crippen LogP contribution in [0.3, 0.4) is 0 Å². The maximum atomic E-state index is 14.3. The Balaban J connectivity index is 1.32. The first kappa shape index (κ1) is 35.7. The molecule has 2 aliphatic rings. The highest BCUT2D eigenvalue weighted by molar-refractivity contribution is 7.52. The lowest BCUT2D eigenvalue weighted by atomic mass is 9.85. The smallest absolute Gasteiger partial charge is 0.370 e. The lowest BCUT2D eigenvalue weighted by molar-refractivity contribution is -0.150. The van der Waals surface area contributed by atoms with Crippen molar-refractivity contribution >= 4 is 69.9 Å². The Bertz CT molecular complexity index is 1760. The Morgan fingerprint density at radius 2 is 1.79 bits per heavy atom. The number of likely N-dealkylation sites (tertiary alicyclic amines) is 1. The van der Waals surface area contributed by atoms with Crippen molar-refractivity contribution in [1.29, 1.82) is 0 Å². The fraction of sp³-hybridized carbons (Fsp3) is 0.452. The molecule has 1 unspecified atom stereocenters. The van der Waals surface area contributed by atoms with Gasteiger partial charge >= 0.3 is 13.3 Å². The van der Waals surface area contributed by atoms with Gasteiger partial charge in [0.25, 0.3) is 5.91 Å². The van der Waals surface area contributed by atoms with Crippen LogP contribution in [0.15, 0.2) is 42.5 Å². The number of hydrogen-bond acceptors (Lipinski definition) is 6. The van der Waals surface area contributed by atoms with E-state index in [2.05, 4.69) is 5.32 Å². The van der Waals surface area contributed by atoms with Crippen LogP contribution in [0.4, 0.5) is 8.78 Å². The van der Waals surface area contributed by atoms with Crippen LogP contribution in [0.25, 0.3) is 10.1 Å². The van der Waals surface area contributed by atoms with Crippen LogP contribution in [-0.2, 0) is 24.6 Å². The molecule has 2 fully saturated rings. The van der Waals surface area contributed by atoms with Crippen LogP contribution in [0.2, 0.25) is 10.0 Å². The highest BCUT2D eigenvalue weighted by Gasteiger charge is 2.50. The lowest BCUT2D eigenvalue weighted by Crippen LogP contribution is -2.58. The molecule has 0 radical (unpaired) electrons. The first-order chi connectivity index (χ1) is 21.9. The molecule has 0 saturated carbocycles. The Labute approximate surface area is 284 Å². The van der Waals surface area contributed by atoms with E-state index in [-0.39, 0.29) is 22.7 Å². The van der Waals surface area contributed by atoms with E-state index in [0.29, 0.717) is 47.3 Å². The van der Waals surface area contributed by atoms with Crippen molar-refractivity contribution < 1.29 is 42.3 Å². The van der Waals surface area contributed by atoms with Gasteiger partial charge in [-0.05, 0) is 59.5 Å². The number of morpholine rings is 1.